The molecule has 6 nitrogen and oxygen atoms in total. The van der Waals surface area contributed by atoms with Gasteiger partial charge in [0.2, 0.25) is 17.2 Å². The van der Waals surface area contributed by atoms with E-state index in [1.165, 1.54) is 0 Å². The molecule has 0 fully saturated rings. The van der Waals surface area contributed by atoms with E-state index in [9.17, 15) is 0 Å². The molecular formula is C11H21ClN6. The van der Waals surface area contributed by atoms with Crippen LogP contribution in [0.15, 0.2) is 0 Å². The van der Waals surface area contributed by atoms with Gasteiger partial charge in [-0.1, -0.05) is 0 Å². The normalized spacial score (nSPS) is 10.8. The molecule has 0 atom stereocenters. The minimum atomic E-state index is 0.218. The van der Waals surface area contributed by atoms with Crippen LogP contribution in [0.4, 0.5) is 11.9 Å². The van der Waals surface area contributed by atoms with Gasteiger partial charge in [-0.25, -0.2) is 0 Å². The van der Waals surface area contributed by atoms with Gasteiger partial charge in [0, 0.05) is 20.1 Å². The highest BCUT2D eigenvalue weighted by Gasteiger charge is 2.10. The van der Waals surface area contributed by atoms with Crippen molar-refractivity contribution >= 4 is 23.5 Å². The number of hydrogen-bond acceptors (Lipinski definition) is 6. The highest BCUT2D eigenvalue weighted by atomic mass is 35.5. The lowest BCUT2D eigenvalue weighted by atomic mass is 10.3. The number of nitrogens with one attached hydrogen (secondary N) is 1. The Kier molecular flexibility index (Phi) is 6.07. The van der Waals surface area contributed by atoms with E-state index in [0.717, 1.165) is 26.1 Å². The molecule has 1 heterocycles. The van der Waals surface area contributed by atoms with Crippen molar-refractivity contribution in [1.82, 2.24) is 19.9 Å². The smallest absolute Gasteiger partial charge is 0.231 e. The molecule has 1 aromatic rings. The quantitative estimate of drug-likeness (QED) is 0.809. The summed E-state index contributed by atoms with van der Waals surface area (Å²) in [5.74, 6) is 1.12. The predicted molar refractivity (Wildman–Crippen MR) is 75.4 cm³/mol. The van der Waals surface area contributed by atoms with Crippen LogP contribution in [0.25, 0.3) is 0 Å². The van der Waals surface area contributed by atoms with Gasteiger partial charge >= 0.3 is 0 Å². The Morgan fingerprint density at radius 3 is 2.44 bits per heavy atom. The van der Waals surface area contributed by atoms with Crippen molar-refractivity contribution in [3.05, 3.63) is 5.28 Å². The summed E-state index contributed by atoms with van der Waals surface area (Å²) in [6, 6.07) is 0. The van der Waals surface area contributed by atoms with Crippen molar-refractivity contribution < 1.29 is 0 Å². The highest BCUT2D eigenvalue weighted by Crippen LogP contribution is 2.13. The molecule has 0 radical (unpaired) electrons. The van der Waals surface area contributed by atoms with Crippen LogP contribution in [-0.2, 0) is 0 Å². The molecule has 0 bridgehead atoms. The molecule has 102 valence electrons. The summed E-state index contributed by atoms with van der Waals surface area (Å²) in [5.41, 5.74) is 0. The van der Waals surface area contributed by atoms with Crippen LogP contribution in [0.1, 0.15) is 13.3 Å². The number of anilines is 2. The molecule has 0 aromatic carbocycles. The van der Waals surface area contributed by atoms with Gasteiger partial charge in [-0.2, -0.15) is 15.0 Å². The molecule has 7 heteroatoms. The van der Waals surface area contributed by atoms with Crippen molar-refractivity contribution in [2.75, 3.05) is 51.0 Å². The summed E-state index contributed by atoms with van der Waals surface area (Å²) in [6.45, 7) is 4.86. The SMILES string of the molecule is CCN(CCCN(C)C)c1nc(Cl)nc(NC)n1. The first-order valence-corrected chi connectivity index (χ1v) is 6.43. The first-order valence-electron chi connectivity index (χ1n) is 6.05. The van der Waals surface area contributed by atoms with Crippen LogP contribution in [0, 0.1) is 0 Å². The summed E-state index contributed by atoms with van der Waals surface area (Å²) in [4.78, 5) is 16.7. The van der Waals surface area contributed by atoms with Gasteiger partial charge in [-0.15, -0.1) is 0 Å². The van der Waals surface area contributed by atoms with E-state index in [1.54, 1.807) is 7.05 Å². The molecule has 1 rings (SSSR count). The Balaban J connectivity index is 2.71. The van der Waals surface area contributed by atoms with Gasteiger partial charge in [-0.05, 0) is 45.6 Å². The molecule has 18 heavy (non-hydrogen) atoms. The maximum Gasteiger partial charge on any atom is 0.231 e. The van der Waals surface area contributed by atoms with Gasteiger partial charge in [0.15, 0.2) is 0 Å². The number of rotatable bonds is 7. The van der Waals surface area contributed by atoms with E-state index >= 15 is 0 Å². The molecule has 0 aliphatic carbocycles. The van der Waals surface area contributed by atoms with E-state index in [0.29, 0.717) is 11.9 Å². The maximum atomic E-state index is 5.88. The average Bonchev–Trinajstić information content (AvgIpc) is 2.33. The molecule has 1 N–H and O–H groups in total. The third-order valence-electron chi connectivity index (χ3n) is 2.52. The van der Waals surface area contributed by atoms with Gasteiger partial charge in [0.05, 0.1) is 0 Å². The standard InChI is InChI=1S/C11H21ClN6/c1-5-18(8-6-7-17(3)4)11-15-9(12)14-10(13-2)16-11/h5-8H2,1-4H3,(H,13,14,15,16). The molecule has 0 saturated heterocycles. The minimum Gasteiger partial charge on any atom is -0.357 e. The predicted octanol–water partition coefficient (Wildman–Crippen LogP) is 1.34. The van der Waals surface area contributed by atoms with Gasteiger partial charge in [-0.3, -0.25) is 0 Å². The number of halogens is 1. The molecule has 0 saturated carbocycles. The van der Waals surface area contributed by atoms with Crippen LogP contribution in [-0.4, -0.2) is 60.6 Å². The topological polar surface area (TPSA) is 57.2 Å². The van der Waals surface area contributed by atoms with Crippen molar-refractivity contribution in [2.45, 2.75) is 13.3 Å². The molecular weight excluding hydrogens is 252 g/mol. The second kappa shape index (κ2) is 7.33. The monoisotopic (exact) mass is 272 g/mol. The van der Waals surface area contributed by atoms with E-state index in [4.69, 9.17) is 11.6 Å². The Hall–Kier alpha value is -1.14. The summed E-state index contributed by atoms with van der Waals surface area (Å²) >= 11 is 5.88. The fourth-order valence-electron chi connectivity index (χ4n) is 1.57. The highest BCUT2D eigenvalue weighted by molar-refractivity contribution is 6.28. The van der Waals surface area contributed by atoms with Crippen LogP contribution >= 0.6 is 11.6 Å². The fraction of sp³-hybridized carbons (Fsp3) is 0.727. The molecule has 1 aromatic heterocycles. The second-order valence-electron chi connectivity index (χ2n) is 4.21. The van der Waals surface area contributed by atoms with Crippen LogP contribution in [0.2, 0.25) is 5.28 Å². The fourth-order valence-corrected chi connectivity index (χ4v) is 1.73. The molecule has 0 unspecified atom stereocenters. The Morgan fingerprint density at radius 1 is 1.17 bits per heavy atom. The molecule has 0 aliphatic rings. The Morgan fingerprint density at radius 2 is 1.89 bits per heavy atom. The number of aromatic nitrogens is 3. The zero-order valence-corrected chi connectivity index (χ0v) is 12.2. The number of nitrogens with zero attached hydrogens (tertiary/aromatic N) is 5. The molecule has 0 aliphatic heterocycles. The van der Waals surface area contributed by atoms with E-state index in [2.05, 4.69) is 51.1 Å². The lowest BCUT2D eigenvalue weighted by Gasteiger charge is -2.21. The molecule has 0 amide bonds. The maximum absolute atomic E-state index is 5.88. The van der Waals surface area contributed by atoms with Crippen molar-refractivity contribution in [2.24, 2.45) is 0 Å². The zero-order valence-electron chi connectivity index (χ0n) is 11.4. The third kappa shape index (κ3) is 4.62. The summed E-state index contributed by atoms with van der Waals surface area (Å²) in [6.07, 6.45) is 1.05. The zero-order chi connectivity index (χ0) is 13.5. The molecule has 0 spiro atoms. The van der Waals surface area contributed by atoms with Gasteiger partial charge in [0.25, 0.3) is 0 Å². The second-order valence-corrected chi connectivity index (χ2v) is 4.55. The lowest BCUT2D eigenvalue weighted by molar-refractivity contribution is 0.400. The van der Waals surface area contributed by atoms with Crippen molar-refractivity contribution in [1.29, 1.82) is 0 Å². The summed E-state index contributed by atoms with van der Waals surface area (Å²) in [5, 5.41) is 3.10. The van der Waals surface area contributed by atoms with E-state index < -0.39 is 0 Å². The van der Waals surface area contributed by atoms with Crippen LogP contribution in [0.3, 0.4) is 0 Å². The summed E-state index contributed by atoms with van der Waals surface area (Å²) < 4.78 is 0. The van der Waals surface area contributed by atoms with Gasteiger partial charge < -0.3 is 15.1 Å². The van der Waals surface area contributed by atoms with Gasteiger partial charge in [0.1, 0.15) is 0 Å². The largest absolute Gasteiger partial charge is 0.357 e. The summed E-state index contributed by atoms with van der Waals surface area (Å²) in [7, 11) is 5.89. The average molecular weight is 273 g/mol. The first kappa shape index (κ1) is 14.9. The first-order chi connectivity index (χ1) is 8.56. The lowest BCUT2D eigenvalue weighted by Crippen LogP contribution is -2.29. The Labute approximate surface area is 113 Å². The van der Waals surface area contributed by atoms with Crippen molar-refractivity contribution in [3.63, 3.8) is 0 Å². The van der Waals surface area contributed by atoms with Crippen LogP contribution in [0.5, 0.6) is 0 Å². The van der Waals surface area contributed by atoms with Crippen molar-refractivity contribution in [3.8, 4) is 0 Å². The minimum absolute atomic E-state index is 0.218. The third-order valence-corrected chi connectivity index (χ3v) is 2.69. The Bertz CT molecular complexity index is 371. The van der Waals surface area contributed by atoms with Crippen LogP contribution < -0.4 is 10.2 Å². The van der Waals surface area contributed by atoms with E-state index in [-0.39, 0.29) is 5.28 Å². The number of hydrogen-bond donors (Lipinski definition) is 1. The van der Waals surface area contributed by atoms with E-state index in [1.807, 2.05) is 0 Å².